The van der Waals surface area contributed by atoms with Gasteiger partial charge in [-0.3, -0.25) is 4.79 Å². The molecule has 2 rings (SSSR count). The van der Waals surface area contributed by atoms with Gasteiger partial charge in [-0.25, -0.2) is 0 Å². The minimum atomic E-state index is -0.128. The fourth-order valence-electron chi connectivity index (χ4n) is 2.09. The van der Waals surface area contributed by atoms with Crippen LogP contribution in [0.4, 0.5) is 5.69 Å². The summed E-state index contributed by atoms with van der Waals surface area (Å²) in [6.07, 6.45) is 0.798. The van der Waals surface area contributed by atoms with Gasteiger partial charge in [0.05, 0.1) is 24.3 Å². The summed E-state index contributed by atoms with van der Waals surface area (Å²) < 4.78 is 10.3. The quantitative estimate of drug-likeness (QED) is 0.826. The van der Waals surface area contributed by atoms with Gasteiger partial charge in [-0.05, 0) is 18.1 Å². The molecule has 0 aliphatic carbocycles. The van der Waals surface area contributed by atoms with E-state index in [1.165, 1.54) is 0 Å². The molecule has 1 amide bonds. The molecule has 0 aromatic heterocycles. The van der Waals surface area contributed by atoms with Gasteiger partial charge in [0.15, 0.2) is 0 Å². The van der Waals surface area contributed by atoms with Crippen LogP contribution in [0.3, 0.4) is 0 Å². The molecule has 23 heavy (non-hydrogen) atoms. The zero-order chi connectivity index (χ0) is 16.8. The lowest BCUT2D eigenvalue weighted by atomic mass is 10.1. The second kappa shape index (κ2) is 8.09. The molecule has 0 aliphatic rings. The van der Waals surface area contributed by atoms with Crippen molar-refractivity contribution in [2.45, 2.75) is 12.8 Å². The van der Waals surface area contributed by atoms with Crippen LogP contribution >= 0.6 is 23.2 Å². The molecule has 0 aliphatic heterocycles. The van der Waals surface area contributed by atoms with Gasteiger partial charge < -0.3 is 14.8 Å². The van der Waals surface area contributed by atoms with Crippen molar-refractivity contribution in [2.24, 2.45) is 0 Å². The Hall–Kier alpha value is -1.91. The molecular formula is C17H17Cl2NO3. The van der Waals surface area contributed by atoms with E-state index in [1.807, 2.05) is 12.1 Å². The minimum Gasteiger partial charge on any atom is -0.497 e. The third-order valence-corrected chi connectivity index (χ3v) is 4.15. The van der Waals surface area contributed by atoms with Crippen molar-refractivity contribution < 1.29 is 14.3 Å². The van der Waals surface area contributed by atoms with E-state index >= 15 is 0 Å². The van der Waals surface area contributed by atoms with Gasteiger partial charge in [-0.1, -0.05) is 35.3 Å². The van der Waals surface area contributed by atoms with Crippen molar-refractivity contribution in [3.63, 3.8) is 0 Å². The summed E-state index contributed by atoms with van der Waals surface area (Å²) in [6, 6.07) is 10.6. The number of benzene rings is 2. The maximum Gasteiger partial charge on any atom is 0.224 e. The maximum absolute atomic E-state index is 12.1. The Balaban J connectivity index is 2.01. The average Bonchev–Trinajstić information content (AvgIpc) is 2.55. The Kier molecular flexibility index (Phi) is 6.13. The van der Waals surface area contributed by atoms with Crippen molar-refractivity contribution in [3.05, 3.63) is 52.0 Å². The van der Waals surface area contributed by atoms with Gasteiger partial charge in [0.2, 0.25) is 5.91 Å². The third-order valence-electron chi connectivity index (χ3n) is 3.29. The molecule has 122 valence electrons. The Morgan fingerprint density at radius 3 is 2.35 bits per heavy atom. The summed E-state index contributed by atoms with van der Waals surface area (Å²) in [5.74, 6) is 1.09. The number of methoxy groups -OCH3 is 2. The molecular weight excluding hydrogens is 337 g/mol. The number of hydrogen-bond acceptors (Lipinski definition) is 3. The monoisotopic (exact) mass is 353 g/mol. The molecule has 1 N–H and O–H groups in total. The smallest absolute Gasteiger partial charge is 0.224 e. The number of carbonyl (C=O) groups excluding carboxylic acids is 1. The van der Waals surface area contributed by atoms with E-state index in [1.54, 1.807) is 38.5 Å². The first-order valence-electron chi connectivity index (χ1n) is 6.99. The van der Waals surface area contributed by atoms with Crippen molar-refractivity contribution in [1.82, 2.24) is 0 Å². The normalized spacial score (nSPS) is 10.3. The zero-order valence-electron chi connectivity index (χ0n) is 12.9. The number of carbonyl (C=O) groups is 1. The zero-order valence-corrected chi connectivity index (χ0v) is 14.4. The van der Waals surface area contributed by atoms with E-state index < -0.39 is 0 Å². The van der Waals surface area contributed by atoms with Gasteiger partial charge in [0, 0.05) is 30.3 Å². The van der Waals surface area contributed by atoms with Gasteiger partial charge in [-0.15, -0.1) is 0 Å². The lowest BCUT2D eigenvalue weighted by Crippen LogP contribution is -2.12. The molecule has 0 fully saturated rings. The van der Waals surface area contributed by atoms with Crippen molar-refractivity contribution >= 4 is 34.8 Å². The Bertz CT molecular complexity index is 682. The van der Waals surface area contributed by atoms with E-state index in [-0.39, 0.29) is 5.91 Å². The standard InChI is InChI=1S/C17H17Cl2NO3/c1-22-13-8-12(9-14(10-13)23-2)20-16(21)7-6-11-4-3-5-15(18)17(11)19/h3-5,8-10H,6-7H2,1-2H3,(H,20,21). The summed E-state index contributed by atoms with van der Waals surface area (Å²) in [5.41, 5.74) is 1.46. The third kappa shape index (κ3) is 4.78. The highest BCUT2D eigenvalue weighted by Crippen LogP contribution is 2.27. The molecule has 2 aromatic carbocycles. The number of aryl methyl sites for hydroxylation is 1. The molecule has 0 unspecified atom stereocenters. The molecule has 0 atom stereocenters. The predicted octanol–water partition coefficient (Wildman–Crippen LogP) is 4.58. The molecule has 6 heteroatoms. The van der Waals surface area contributed by atoms with E-state index in [4.69, 9.17) is 32.7 Å². The van der Waals surface area contributed by atoms with Crippen LogP contribution in [0, 0.1) is 0 Å². The number of anilines is 1. The maximum atomic E-state index is 12.1. The lowest BCUT2D eigenvalue weighted by molar-refractivity contribution is -0.116. The van der Waals surface area contributed by atoms with Gasteiger partial charge >= 0.3 is 0 Å². The van der Waals surface area contributed by atoms with E-state index in [0.29, 0.717) is 40.1 Å². The molecule has 0 spiro atoms. The second-order valence-corrected chi connectivity index (χ2v) is 5.65. The number of amides is 1. The van der Waals surface area contributed by atoms with Crippen molar-refractivity contribution in [1.29, 1.82) is 0 Å². The topological polar surface area (TPSA) is 47.6 Å². The van der Waals surface area contributed by atoms with Crippen LogP contribution in [0.2, 0.25) is 10.0 Å². The average molecular weight is 354 g/mol. The first kappa shape index (κ1) is 17.4. The van der Waals surface area contributed by atoms with E-state index in [0.717, 1.165) is 5.56 Å². The Labute approximate surface area is 145 Å². The van der Waals surface area contributed by atoms with Crippen LogP contribution in [0.1, 0.15) is 12.0 Å². The van der Waals surface area contributed by atoms with Crippen LogP contribution < -0.4 is 14.8 Å². The fraction of sp³-hybridized carbons (Fsp3) is 0.235. The number of nitrogens with one attached hydrogen (secondary N) is 1. The molecule has 0 saturated heterocycles. The van der Waals surface area contributed by atoms with Gasteiger partial charge in [0.1, 0.15) is 11.5 Å². The van der Waals surface area contributed by atoms with E-state index in [9.17, 15) is 4.79 Å². The molecule has 0 radical (unpaired) electrons. The number of ether oxygens (including phenoxy) is 2. The highest BCUT2D eigenvalue weighted by Gasteiger charge is 2.09. The van der Waals surface area contributed by atoms with E-state index in [2.05, 4.69) is 5.32 Å². The van der Waals surface area contributed by atoms with Crippen LogP contribution in [0.25, 0.3) is 0 Å². The Morgan fingerprint density at radius 2 is 1.74 bits per heavy atom. The summed E-state index contributed by atoms with van der Waals surface area (Å²) >= 11 is 12.1. The number of hydrogen-bond donors (Lipinski definition) is 1. The lowest BCUT2D eigenvalue weighted by Gasteiger charge is -2.10. The van der Waals surface area contributed by atoms with Crippen LogP contribution in [0.15, 0.2) is 36.4 Å². The van der Waals surface area contributed by atoms with Crippen molar-refractivity contribution in [3.8, 4) is 11.5 Å². The number of rotatable bonds is 6. The summed E-state index contributed by atoms with van der Waals surface area (Å²) in [6.45, 7) is 0. The van der Waals surface area contributed by atoms with Crippen LogP contribution in [0.5, 0.6) is 11.5 Å². The predicted molar refractivity (Wildman–Crippen MR) is 93.0 cm³/mol. The molecule has 4 nitrogen and oxygen atoms in total. The first-order chi connectivity index (χ1) is 11.0. The largest absolute Gasteiger partial charge is 0.497 e. The van der Waals surface area contributed by atoms with Gasteiger partial charge in [-0.2, -0.15) is 0 Å². The summed E-state index contributed by atoms with van der Waals surface area (Å²) in [4.78, 5) is 12.1. The fourth-order valence-corrected chi connectivity index (χ4v) is 2.51. The van der Waals surface area contributed by atoms with Crippen molar-refractivity contribution in [2.75, 3.05) is 19.5 Å². The second-order valence-electron chi connectivity index (χ2n) is 4.86. The minimum absolute atomic E-state index is 0.128. The molecule has 2 aromatic rings. The first-order valence-corrected chi connectivity index (χ1v) is 7.75. The van der Waals surface area contributed by atoms with Crippen LogP contribution in [-0.4, -0.2) is 20.1 Å². The highest BCUT2D eigenvalue weighted by molar-refractivity contribution is 6.42. The summed E-state index contributed by atoms with van der Waals surface area (Å²) in [7, 11) is 3.11. The van der Waals surface area contributed by atoms with Gasteiger partial charge in [0.25, 0.3) is 0 Å². The SMILES string of the molecule is COc1cc(NC(=O)CCc2cccc(Cl)c2Cl)cc(OC)c1. The number of halogens is 2. The molecule has 0 bridgehead atoms. The molecule has 0 saturated carbocycles. The summed E-state index contributed by atoms with van der Waals surface area (Å²) in [5, 5.41) is 3.80. The highest BCUT2D eigenvalue weighted by atomic mass is 35.5. The Morgan fingerprint density at radius 1 is 1.09 bits per heavy atom. The molecule has 0 heterocycles. The van der Waals surface area contributed by atoms with Crippen LogP contribution in [-0.2, 0) is 11.2 Å².